The molecule has 1 unspecified atom stereocenters. The maximum atomic E-state index is 13.1. The first-order chi connectivity index (χ1) is 17.0. The molecule has 3 aromatic carbocycles. The second-order valence-corrected chi connectivity index (χ2v) is 8.67. The van der Waals surface area contributed by atoms with E-state index < -0.39 is 17.6 Å². The molecule has 6 nitrogen and oxygen atoms in total. The minimum absolute atomic E-state index is 0.0555. The lowest BCUT2D eigenvalue weighted by molar-refractivity contribution is 0.0301. The zero-order valence-corrected chi connectivity index (χ0v) is 20.0. The summed E-state index contributed by atoms with van der Waals surface area (Å²) in [7, 11) is 1.56. The zero-order valence-electron chi connectivity index (χ0n) is 18.5. The molecule has 5 aromatic rings. The Morgan fingerprint density at radius 2 is 1.77 bits per heavy atom. The van der Waals surface area contributed by atoms with Crippen LogP contribution in [-0.2, 0) is 11.2 Å². The Kier molecular flexibility index (Phi) is 6.24. The van der Waals surface area contributed by atoms with Crippen molar-refractivity contribution in [2.75, 3.05) is 7.11 Å². The molecule has 1 N–H and O–H groups in total. The van der Waals surface area contributed by atoms with E-state index in [4.69, 9.17) is 37.1 Å². The van der Waals surface area contributed by atoms with Crippen molar-refractivity contribution >= 4 is 51.1 Å². The molecule has 2 heterocycles. The van der Waals surface area contributed by atoms with Crippen LogP contribution in [0.5, 0.6) is 5.75 Å². The van der Waals surface area contributed by atoms with E-state index in [2.05, 4.69) is 4.98 Å². The minimum Gasteiger partial charge on any atom is -0.493 e. The number of benzene rings is 3. The number of hydrogen-bond acceptors (Lipinski definition) is 5. The lowest BCUT2D eigenvalue weighted by Gasteiger charge is -2.21. The van der Waals surface area contributed by atoms with Crippen LogP contribution in [0.15, 0.2) is 82.1 Å². The molecule has 0 bridgehead atoms. The van der Waals surface area contributed by atoms with Crippen molar-refractivity contribution < 1.29 is 18.7 Å². The van der Waals surface area contributed by atoms with Gasteiger partial charge in [-0.05, 0) is 24.3 Å². The quantitative estimate of drug-likeness (QED) is 0.257. The summed E-state index contributed by atoms with van der Waals surface area (Å²) in [6.07, 6.45) is 0.605. The van der Waals surface area contributed by atoms with Gasteiger partial charge in [-0.2, -0.15) is 0 Å². The number of ether oxygens (including phenoxy) is 2. The van der Waals surface area contributed by atoms with Gasteiger partial charge in [0.15, 0.2) is 11.3 Å². The lowest BCUT2D eigenvalue weighted by atomic mass is 9.96. The molecule has 2 aromatic heterocycles. The average molecular weight is 508 g/mol. The van der Waals surface area contributed by atoms with E-state index in [1.165, 1.54) is 6.20 Å². The van der Waals surface area contributed by atoms with Gasteiger partial charge in [0.1, 0.15) is 16.7 Å². The van der Waals surface area contributed by atoms with Crippen LogP contribution in [0.2, 0.25) is 10.0 Å². The summed E-state index contributed by atoms with van der Waals surface area (Å²) >= 11 is 12.7. The Bertz CT molecular complexity index is 1610. The summed E-state index contributed by atoms with van der Waals surface area (Å²) in [5.74, 6) is 0.0183. The van der Waals surface area contributed by atoms with E-state index in [0.29, 0.717) is 33.6 Å². The van der Waals surface area contributed by atoms with Crippen molar-refractivity contribution in [3.05, 3.63) is 110 Å². The van der Waals surface area contributed by atoms with Crippen molar-refractivity contribution in [1.82, 2.24) is 4.98 Å². The van der Waals surface area contributed by atoms with E-state index in [-0.39, 0.29) is 16.5 Å². The lowest BCUT2D eigenvalue weighted by Crippen LogP contribution is -2.17. The molecule has 0 fully saturated rings. The highest BCUT2D eigenvalue weighted by molar-refractivity contribution is 6.35. The molecular formula is C27H19Cl2NO5. The number of furan rings is 1. The van der Waals surface area contributed by atoms with Gasteiger partial charge < -0.3 is 18.9 Å². The third-order valence-electron chi connectivity index (χ3n) is 5.82. The fourth-order valence-electron chi connectivity index (χ4n) is 4.14. The van der Waals surface area contributed by atoms with Crippen molar-refractivity contribution in [3.8, 4) is 5.75 Å². The van der Waals surface area contributed by atoms with E-state index in [0.717, 1.165) is 10.8 Å². The fourth-order valence-corrected chi connectivity index (χ4v) is 4.65. The Labute approximate surface area is 210 Å². The molecule has 0 aliphatic carbocycles. The van der Waals surface area contributed by atoms with Gasteiger partial charge in [-0.1, -0.05) is 65.7 Å². The molecule has 5 rings (SSSR count). The second kappa shape index (κ2) is 9.49. The number of aromatic amines is 1. The number of nitrogens with one attached hydrogen (secondary N) is 1. The average Bonchev–Trinajstić information content (AvgIpc) is 3.28. The number of rotatable bonds is 6. The summed E-state index contributed by atoms with van der Waals surface area (Å²) in [6.45, 7) is 0. The van der Waals surface area contributed by atoms with Crippen LogP contribution >= 0.6 is 23.2 Å². The number of hydrogen-bond donors (Lipinski definition) is 1. The number of para-hydroxylation sites is 1. The number of carbonyl (C=O) groups is 1. The Hall–Kier alpha value is -3.74. The molecule has 0 amide bonds. The van der Waals surface area contributed by atoms with Crippen LogP contribution in [0.25, 0.3) is 21.9 Å². The van der Waals surface area contributed by atoms with Gasteiger partial charge >= 0.3 is 5.97 Å². The molecule has 0 spiro atoms. The highest BCUT2D eigenvalue weighted by Crippen LogP contribution is 2.41. The number of aromatic nitrogens is 1. The van der Waals surface area contributed by atoms with Crippen LogP contribution < -0.4 is 10.3 Å². The van der Waals surface area contributed by atoms with E-state index in [1.807, 2.05) is 36.4 Å². The summed E-state index contributed by atoms with van der Waals surface area (Å²) in [6, 6.07) is 19.8. The summed E-state index contributed by atoms with van der Waals surface area (Å²) in [5, 5.41) is 1.78. The minimum atomic E-state index is -0.839. The van der Waals surface area contributed by atoms with Crippen molar-refractivity contribution in [2.24, 2.45) is 0 Å². The maximum Gasteiger partial charge on any atom is 0.338 e. The highest BCUT2D eigenvalue weighted by atomic mass is 35.5. The predicted octanol–water partition coefficient (Wildman–Crippen LogP) is 6.73. The van der Waals surface area contributed by atoms with Crippen LogP contribution in [-0.4, -0.2) is 18.1 Å². The Balaban J connectivity index is 1.71. The van der Waals surface area contributed by atoms with Gasteiger partial charge in [0.2, 0.25) is 0 Å². The zero-order chi connectivity index (χ0) is 24.5. The number of carbonyl (C=O) groups excluding carboxylic acids is 1. The number of methoxy groups -OCH3 is 1. The first-order valence-corrected chi connectivity index (χ1v) is 11.5. The molecule has 0 aliphatic heterocycles. The molecule has 1 atom stereocenters. The molecule has 176 valence electrons. The van der Waals surface area contributed by atoms with Crippen LogP contribution in [0.3, 0.4) is 0 Å². The van der Waals surface area contributed by atoms with Crippen molar-refractivity contribution in [3.63, 3.8) is 0 Å². The maximum absolute atomic E-state index is 13.1. The molecule has 0 saturated heterocycles. The molecule has 0 saturated carbocycles. The van der Waals surface area contributed by atoms with Gasteiger partial charge in [0.05, 0.1) is 17.7 Å². The number of fused-ring (bicyclic) bond motifs is 3. The molecule has 0 aliphatic rings. The van der Waals surface area contributed by atoms with Crippen molar-refractivity contribution in [1.29, 1.82) is 0 Å². The largest absolute Gasteiger partial charge is 0.493 e. The topological polar surface area (TPSA) is 81.5 Å². The third kappa shape index (κ3) is 4.27. The van der Waals surface area contributed by atoms with E-state index >= 15 is 0 Å². The van der Waals surface area contributed by atoms with Gasteiger partial charge in [0, 0.05) is 34.5 Å². The molecule has 8 heteroatoms. The van der Waals surface area contributed by atoms with Crippen molar-refractivity contribution in [2.45, 2.75) is 12.5 Å². The third-order valence-corrected chi connectivity index (χ3v) is 6.56. The monoisotopic (exact) mass is 507 g/mol. The smallest absolute Gasteiger partial charge is 0.338 e. The second-order valence-electron chi connectivity index (χ2n) is 7.88. The highest BCUT2D eigenvalue weighted by Gasteiger charge is 2.27. The number of H-pyrrole nitrogens is 1. The van der Waals surface area contributed by atoms with Crippen LogP contribution in [0.1, 0.15) is 27.6 Å². The number of halogens is 2. The summed E-state index contributed by atoms with van der Waals surface area (Å²) in [5.41, 5.74) is 2.14. The number of pyridine rings is 1. The molecular weight excluding hydrogens is 489 g/mol. The number of esters is 1. The summed E-state index contributed by atoms with van der Waals surface area (Å²) in [4.78, 5) is 27.8. The van der Waals surface area contributed by atoms with Crippen LogP contribution in [0, 0.1) is 0 Å². The predicted molar refractivity (Wildman–Crippen MR) is 136 cm³/mol. The van der Waals surface area contributed by atoms with Gasteiger partial charge in [-0.3, -0.25) is 4.79 Å². The fraction of sp³-hybridized carbons (Fsp3) is 0.111. The standard InChI is InChI=1S/C27H19Cl2NO5/c1-33-21-12-11-17(23-16-9-5-6-10-20(16)34-25(21)23)22(35-27(32)15-7-3-2-4-8-15)13-18-19(28)14-30-26(31)24(18)29/h2-12,14,22H,13H2,1H3,(H,30,31). The normalized spacial score (nSPS) is 12.1. The summed E-state index contributed by atoms with van der Waals surface area (Å²) < 4.78 is 17.6. The Morgan fingerprint density at radius 1 is 1.03 bits per heavy atom. The van der Waals surface area contributed by atoms with E-state index in [1.54, 1.807) is 37.4 Å². The van der Waals surface area contributed by atoms with Gasteiger partial charge in [-0.15, -0.1) is 0 Å². The first kappa shape index (κ1) is 23.0. The van der Waals surface area contributed by atoms with Crippen LogP contribution in [0.4, 0.5) is 0 Å². The first-order valence-electron chi connectivity index (χ1n) is 10.8. The Morgan fingerprint density at radius 3 is 2.54 bits per heavy atom. The van der Waals surface area contributed by atoms with E-state index in [9.17, 15) is 9.59 Å². The molecule has 0 radical (unpaired) electrons. The molecule has 35 heavy (non-hydrogen) atoms. The van der Waals surface area contributed by atoms with Gasteiger partial charge in [0.25, 0.3) is 5.56 Å². The van der Waals surface area contributed by atoms with Gasteiger partial charge in [-0.25, -0.2) is 4.79 Å². The SMILES string of the molecule is COc1ccc(C(Cc2c(Cl)c[nH]c(=O)c2Cl)OC(=O)c2ccccc2)c2c1oc1ccccc12.